The predicted molar refractivity (Wildman–Crippen MR) is 65.3 cm³/mol. The van der Waals surface area contributed by atoms with E-state index >= 15 is 0 Å². The number of carbonyl (C=O) groups excluding carboxylic acids is 2. The average molecular weight is 238 g/mol. The van der Waals surface area contributed by atoms with Crippen LogP contribution in [0, 0.1) is 11.8 Å². The molecule has 4 heteroatoms. The number of likely N-dealkylation sites (tertiary alicyclic amines) is 1. The second-order valence-corrected chi connectivity index (χ2v) is 5.61. The number of carbonyl (C=O) groups is 2. The Labute approximate surface area is 103 Å². The molecule has 2 saturated heterocycles. The van der Waals surface area contributed by atoms with Gasteiger partial charge in [0.25, 0.3) is 0 Å². The summed E-state index contributed by atoms with van der Waals surface area (Å²) < 4.78 is 0. The van der Waals surface area contributed by atoms with Crippen LogP contribution in [0.25, 0.3) is 0 Å². The van der Waals surface area contributed by atoms with Gasteiger partial charge in [-0.25, -0.2) is 0 Å². The smallest absolute Gasteiger partial charge is 0.243 e. The minimum atomic E-state index is -0.122. The van der Waals surface area contributed by atoms with Crippen LogP contribution < -0.4 is 5.32 Å². The van der Waals surface area contributed by atoms with Gasteiger partial charge in [0.1, 0.15) is 0 Å². The maximum absolute atomic E-state index is 11.8. The Hall–Kier alpha value is -0.900. The van der Waals surface area contributed by atoms with E-state index in [0.717, 1.165) is 13.1 Å². The standard InChI is InChI=1S/C13H22N2O2/c1-9(2)10-4-3-7-15(8-10)11-5-6-12(16)14-13(11)17/h9-11H,3-8H2,1-2H3,(H,14,16,17). The van der Waals surface area contributed by atoms with Gasteiger partial charge in [0.05, 0.1) is 6.04 Å². The number of nitrogens with zero attached hydrogens (tertiary/aromatic N) is 1. The van der Waals surface area contributed by atoms with Crippen molar-refractivity contribution in [3.05, 3.63) is 0 Å². The number of imide groups is 1. The predicted octanol–water partition coefficient (Wildman–Crippen LogP) is 1.16. The molecule has 0 bridgehead atoms. The molecule has 2 unspecified atom stereocenters. The molecular weight excluding hydrogens is 216 g/mol. The van der Waals surface area contributed by atoms with Gasteiger partial charge in [-0.2, -0.15) is 0 Å². The summed E-state index contributed by atoms with van der Waals surface area (Å²) in [6, 6.07) is -0.0748. The van der Waals surface area contributed by atoms with Crippen LogP contribution in [-0.4, -0.2) is 35.8 Å². The molecule has 0 aromatic heterocycles. The first-order chi connectivity index (χ1) is 8.08. The fraction of sp³-hybridized carbons (Fsp3) is 0.846. The van der Waals surface area contributed by atoms with Gasteiger partial charge in [0.15, 0.2) is 0 Å². The molecule has 2 fully saturated rings. The summed E-state index contributed by atoms with van der Waals surface area (Å²) in [4.78, 5) is 25.2. The van der Waals surface area contributed by atoms with E-state index in [9.17, 15) is 9.59 Å². The molecule has 0 saturated carbocycles. The zero-order chi connectivity index (χ0) is 12.4. The van der Waals surface area contributed by atoms with E-state index in [-0.39, 0.29) is 17.9 Å². The van der Waals surface area contributed by atoms with Crippen LogP contribution in [0.2, 0.25) is 0 Å². The van der Waals surface area contributed by atoms with E-state index in [1.807, 2.05) is 0 Å². The van der Waals surface area contributed by atoms with Crippen molar-refractivity contribution in [2.24, 2.45) is 11.8 Å². The molecule has 96 valence electrons. The minimum absolute atomic E-state index is 0.0748. The van der Waals surface area contributed by atoms with E-state index in [1.165, 1.54) is 12.8 Å². The van der Waals surface area contributed by atoms with Crippen LogP contribution in [0.3, 0.4) is 0 Å². The topological polar surface area (TPSA) is 49.4 Å². The second-order valence-electron chi connectivity index (χ2n) is 5.61. The zero-order valence-electron chi connectivity index (χ0n) is 10.7. The maximum atomic E-state index is 11.8. The molecular formula is C13H22N2O2. The highest BCUT2D eigenvalue weighted by Gasteiger charge is 2.34. The van der Waals surface area contributed by atoms with Crippen LogP contribution in [-0.2, 0) is 9.59 Å². The molecule has 2 rings (SSSR count). The summed E-state index contributed by atoms with van der Waals surface area (Å²) in [5, 5.41) is 2.45. The summed E-state index contributed by atoms with van der Waals surface area (Å²) in [7, 11) is 0. The lowest BCUT2D eigenvalue weighted by atomic mass is 9.86. The minimum Gasteiger partial charge on any atom is -0.295 e. The van der Waals surface area contributed by atoms with E-state index in [1.54, 1.807) is 0 Å². The lowest BCUT2D eigenvalue weighted by Gasteiger charge is -2.40. The Morgan fingerprint density at radius 1 is 1.29 bits per heavy atom. The van der Waals surface area contributed by atoms with Gasteiger partial charge in [-0.05, 0) is 37.6 Å². The van der Waals surface area contributed by atoms with Gasteiger partial charge < -0.3 is 0 Å². The van der Waals surface area contributed by atoms with E-state index in [0.29, 0.717) is 24.7 Å². The van der Waals surface area contributed by atoms with Crippen molar-refractivity contribution in [2.45, 2.75) is 45.6 Å². The van der Waals surface area contributed by atoms with Crippen molar-refractivity contribution in [1.82, 2.24) is 10.2 Å². The molecule has 2 aliphatic heterocycles. The molecule has 1 N–H and O–H groups in total. The summed E-state index contributed by atoms with van der Waals surface area (Å²) in [6.45, 7) is 6.50. The summed E-state index contributed by atoms with van der Waals surface area (Å²) in [5.74, 6) is 1.15. The molecule has 17 heavy (non-hydrogen) atoms. The SMILES string of the molecule is CC(C)C1CCCN(C2CCC(=O)NC2=O)C1. The Bertz CT molecular complexity index is 315. The Morgan fingerprint density at radius 2 is 2.06 bits per heavy atom. The van der Waals surface area contributed by atoms with Crippen LogP contribution in [0.1, 0.15) is 39.5 Å². The Kier molecular flexibility index (Phi) is 3.82. The van der Waals surface area contributed by atoms with E-state index < -0.39 is 0 Å². The third-order valence-electron chi connectivity index (χ3n) is 4.08. The number of rotatable bonds is 2. The summed E-state index contributed by atoms with van der Waals surface area (Å²) in [5.41, 5.74) is 0. The lowest BCUT2D eigenvalue weighted by molar-refractivity contribution is -0.138. The van der Waals surface area contributed by atoms with Gasteiger partial charge in [0.2, 0.25) is 11.8 Å². The zero-order valence-corrected chi connectivity index (χ0v) is 10.7. The van der Waals surface area contributed by atoms with Crippen LogP contribution in [0.4, 0.5) is 0 Å². The van der Waals surface area contributed by atoms with Crippen LogP contribution in [0.15, 0.2) is 0 Å². The van der Waals surface area contributed by atoms with Crippen molar-refractivity contribution < 1.29 is 9.59 Å². The normalized spacial score (nSPS) is 31.7. The first-order valence-electron chi connectivity index (χ1n) is 6.65. The number of nitrogens with one attached hydrogen (secondary N) is 1. The van der Waals surface area contributed by atoms with E-state index in [4.69, 9.17) is 0 Å². The molecule has 2 atom stereocenters. The maximum Gasteiger partial charge on any atom is 0.243 e. The number of amides is 2. The van der Waals surface area contributed by atoms with Crippen LogP contribution >= 0.6 is 0 Å². The summed E-state index contributed by atoms with van der Waals surface area (Å²) in [6.07, 6.45) is 3.61. The van der Waals surface area contributed by atoms with Gasteiger partial charge in [-0.1, -0.05) is 13.8 Å². The first kappa shape index (κ1) is 12.6. The quantitative estimate of drug-likeness (QED) is 0.734. The molecule has 0 aromatic carbocycles. The van der Waals surface area contributed by atoms with Gasteiger partial charge in [0, 0.05) is 13.0 Å². The third-order valence-corrected chi connectivity index (χ3v) is 4.08. The molecule has 4 nitrogen and oxygen atoms in total. The monoisotopic (exact) mass is 238 g/mol. The molecule has 2 aliphatic rings. The fourth-order valence-electron chi connectivity index (χ4n) is 2.90. The first-order valence-corrected chi connectivity index (χ1v) is 6.65. The van der Waals surface area contributed by atoms with Crippen molar-refractivity contribution in [3.8, 4) is 0 Å². The highest BCUT2D eigenvalue weighted by atomic mass is 16.2. The van der Waals surface area contributed by atoms with Gasteiger partial charge in [-0.15, -0.1) is 0 Å². The van der Waals surface area contributed by atoms with E-state index in [2.05, 4.69) is 24.1 Å². The average Bonchev–Trinajstić information content (AvgIpc) is 2.29. The molecule has 0 spiro atoms. The Morgan fingerprint density at radius 3 is 2.71 bits per heavy atom. The lowest BCUT2D eigenvalue weighted by Crippen LogP contribution is -2.55. The van der Waals surface area contributed by atoms with Gasteiger partial charge >= 0.3 is 0 Å². The summed E-state index contributed by atoms with van der Waals surface area (Å²) >= 11 is 0. The molecule has 0 aliphatic carbocycles. The third kappa shape index (κ3) is 2.86. The van der Waals surface area contributed by atoms with Gasteiger partial charge in [-0.3, -0.25) is 19.8 Å². The molecule has 2 amide bonds. The fourth-order valence-corrected chi connectivity index (χ4v) is 2.90. The van der Waals surface area contributed by atoms with Crippen molar-refractivity contribution in [1.29, 1.82) is 0 Å². The number of hydrogen-bond donors (Lipinski definition) is 1. The highest BCUT2D eigenvalue weighted by Crippen LogP contribution is 2.26. The number of hydrogen-bond acceptors (Lipinski definition) is 3. The molecule has 0 aromatic rings. The Balaban J connectivity index is 1.97. The number of piperidine rings is 2. The second kappa shape index (κ2) is 5.17. The van der Waals surface area contributed by atoms with Crippen molar-refractivity contribution >= 4 is 11.8 Å². The molecule has 2 heterocycles. The highest BCUT2D eigenvalue weighted by molar-refractivity contribution is 6.00. The van der Waals surface area contributed by atoms with Crippen molar-refractivity contribution in [3.63, 3.8) is 0 Å². The molecule has 0 radical (unpaired) electrons. The van der Waals surface area contributed by atoms with Crippen LogP contribution in [0.5, 0.6) is 0 Å². The largest absolute Gasteiger partial charge is 0.295 e. The van der Waals surface area contributed by atoms with Crippen molar-refractivity contribution in [2.75, 3.05) is 13.1 Å².